The number of carbonyl (C=O) groups is 1. The zero-order valence-corrected chi connectivity index (χ0v) is 10.4. The molecule has 1 aliphatic heterocycles. The zero-order chi connectivity index (χ0) is 13.1. The summed E-state index contributed by atoms with van der Waals surface area (Å²) in [5.74, 6) is 0.00859. The van der Waals surface area contributed by atoms with Crippen molar-refractivity contribution < 1.29 is 14.3 Å². The Balaban J connectivity index is 0.00000180. The van der Waals surface area contributed by atoms with E-state index in [2.05, 4.69) is 4.98 Å². The van der Waals surface area contributed by atoms with E-state index in [-0.39, 0.29) is 41.1 Å². The van der Waals surface area contributed by atoms with Gasteiger partial charge < -0.3 is 14.4 Å². The summed E-state index contributed by atoms with van der Waals surface area (Å²) in [4.78, 5) is 28.8. The van der Waals surface area contributed by atoms with Crippen LogP contribution >= 0.6 is 0 Å². The molecule has 1 aromatic rings. The fourth-order valence-corrected chi connectivity index (χ4v) is 1.68. The molecule has 0 atom stereocenters. The van der Waals surface area contributed by atoms with Gasteiger partial charge in [-0.3, -0.25) is 14.2 Å². The van der Waals surface area contributed by atoms with Gasteiger partial charge >= 0.3 is 41.5 Å². The average molecular weight is 277 g/mol. The summed E-state index contributed by atoms with van der Waals surface area (Å²) in [6, 6.07) is 1.44. The van der Waals surface area contributed by atoms with E-state index < -0.39 is 5.97 Å². The van der Waals surface area contributed by atoms with Crippen molar-refractivity contribution in [3.8, 4) is 6.01 Å². The molecule has 0 amide bonds. The zero-order valence-electron chi connectivity index (χ0n) is 10.4. The second-order valence-electron chi connectivity index (χ2n) is 3.99. The molecule has 0 N–H and O–H groups in total. The monoisotopic (exact) mass is 277 g/mol. The number of aromatic nitrogens is 2. The van der Waals surface area contributed by atoms with Crippen molar-refractivity contribution in [3.05, 3.63) is 16.4 Å². The third-order valence-electron chi connectivity index (χ3n) is 2.65. The molecule has 1 aliphatic rings. The Hall–Kier alpha value is -0.890. The number of hydrogen-bond donors (Lipinski definition) is 0. The second-order valence-corrected chi connectivity index (χ2v) is 3.99. The summed E-state index contributed by atoms with van der Waals surface area (Å²) in [5.41, 5.74) is -0.261. The predicted molar refractivity (Wildman–Crippen MR) is 71.0 cm³/mol. The number of rotatable bonds is 2. The molecule has 0 unspecified atom stereocenters. The molecular weight excluding hydrogens is 261 g/mol. The molecule has 1 aromatic heterocycles. The van der Waals surface area contributed by atoms with Crippen molar-refractivity contribution in [3.63, 3.8) is 0 Å². The molecule has 2 heterocycles. The minimum atomic E-state index is -0.503. The van der Waals surface area contributed by atoms with Gasteiger partial charge in [0.05, 0.1) is 13.2 Å². The van der Waals surface area contributed by atoms with E-state index in [1.54, 1.807) is 0 Å². The fraction of sp³-hybridized carbons (Fsp3) is 0.545. The van der Waals surface area contributed by atoms with Crippen molar-refractivity contribution in [1.82, 2.24) is 9.55 Å². The van der Waals surface area contributed by atoms with Crippen LogP contribution in [0, 0.1) is 0 Å². The number of morpholine rings is 1. The predicted octanol–water partition coefficient (Wildman–Crippen LogP) is -1.11. The molecule has 8 heteroatoms. The fourth-order valence-electron chi connectivity index (χ4n) is 1.68. The first kappa shape index (κ1) is 16.2. The standard InChI is InChI=1S/C11H15N3O4.Na.H/c1-8(15)18-11-12-9(7-10(16)13(11)2)14-3-5-17-6-4-14;;/h7H,3-6H2,1-2H3;;. The van der Waals surface area contributed by atoms with Crippen LogP contribution in [0.5, 0.6) is 6.01 Å². The Labute approximate surface area is 132 Å². The second kappa shape index (κ2) is 7.04. The number of nitrogens with zero attached hydrogens (tertiary/aromatic N) is 3. The number of anilines is 1. The van der Waals surface area contributed by atoms with E-state index >= 15 is 0 Å². The molecule has 1 fully saturated rings. The first-order chi connectivity index (χ1) is 8.58. The Morgan fingerprint density at radius 2 is 2.05 bits per heavy atom. The maximum atomic E-state index is 11.8. The van der Waals surface area contributed by atoms with E-state index in [0.29, 0.717) is 32.1 Å². The summed E-state index contributed by atoms with van der Waals surface area (Å²) in [7, 11) is 1.51. The van der Waals surface area contributed by atoms with Crippen LogP contribution in [0.2, 0.25) is 0 Å². The van der Waals surface area contributed by atoms with Crippen LogP contribution in [0.1, 0.15) is 6.92 Å². The van der Waals surface area contributed by atoms with Crippen LogP contribution in [0.25, 0.3) is 0 Å². The van der Waals surface area contributed by atoms with Gasteiger partial charge in [0, 0.05) is 33.1 Å². The van der Waals surface area contributed by atoms with Gasteiger partial charge in [-0.1, -0.05) is 0 Å². The first-order valence-corrected chi connectivity index (χ1v) is 5.67. The van der Waals surface area contributed by atoms with Crippen molar-refractivity contribution in [2.75, 3.05) is 31.2 Å². The summed E-state index contributed by atoms with van der Waals surface area (Å²) in [6.07, 6.45) is 0. The molecule has 2 rings (SSSR count). The van der Waals surface area contributed by atoms with E-state index in [4.69, 9.17) is 9.47 Å². The Bertz CT molecular complexity index is 511. The van der Waals surface area contributed by atoms with Gasteiger partial charge in [0.1, 0.15) is 5.82 Å². The Morgan fingerprint density at radius 3 is 2.63 bits per heavy atom. The van der Waals surface area contributed by atoms with Crippen molar-refractivity contribution in [2.45, 2.75) is 6.92 Å². The van der Waals surface area contributed by atoms with Crippen LogP contribution in [0.4, 0.5) is 5.82 Å². The molecule has 0 aromatic carbocycles. The first-order valence-electron chi connectivity index (χ1n) is 5.67. The van der Waals surface area contributed by atoms with Gasteiger partial charge in [-0.25, -0.2) is 0 Å². The topological polar surface area (TPSA) is 73.7 Å². The number of esters is 1. The Morgan fingerprint density at radius 1 is 1.42 bits per heavy atom. The van der Waals surface area contributed by atoms with Crippen molar-refractivity contribution in [1.29, 1.82) is 0 Å². The molecule has 0 saturated carbocycles. The quantitative estimate of drug-likeness (QED) is 0.504. The summed E-state index contributed by atoms with van der Waals surface area (Å²) < 4.78 is 11.3. The molecule has 100 valence electrons. The molecule has 0 aliphatic carbocycles. The molecule has 19 heavy (non-hydrogen) atoms. The number of carbonyl (C=O) groups excluding carboxylic acids is 1. The molecule has 0 spiro atoms. The van der Waals surface area contributed by atoms with Gasteiger partial charge in [0.2, 0.25) is 0 Å². The van der Waals surface area contributed by atoms with Crippen LogP contribution in [0.15, 0.2) is 10.9 Å². The summed E-state index contributed by atoms with van der Waals surface area (Å²) in [5, 5.41) is 0. The van der Waals surface area contributed by atoms with Gasteiger partial charge in [-0.15, -0.1) is 0 Å². The van der Waals surface area contributed by atoms with Crippen LogP contribution < -0.4 is 15.2 Å². The molecular formula is C11H16N3NaO4. The average Bonchev–Trinajstić information content (AvgIpc) is 2.35. The van der Waals surface area contributed by atoms with Crippen LogP contribution in [0.3, 0.4) is 0 Å². The van der Waals surface area contributed by atoms with Gasteiger partial charge in [0.15, 0.2) is 0 Å². The minimum absolute atomic E-state index is 0. The van der Waals surface area contributed by atoms with E-state index in [9.17, 15) is 9.59 Å². The van der Waals surface area contributed by atoms with E-state index in [0.717, 1.165) is 0 Å². The normalized spacial score (nSPS) is 14.7. The molecule has 1 saturated heterocycles. The third-order valence-corrected chi connectivity index (χ3v) is 2.65. The van der Waals surface area contributed by atoms with Gasteiger partial charge in [-0.2, -0.15) is 4.98 Å². The number of ether oxygens (including phenoxy) is 2. The van der Waals surface area contributed by atoms with Crippen molar-refractivity contribution in [2.24, 2.45) is 7.05 Å². The SMILES string of the molecule is CC(=O)Oc1nc(N2CCOCC2)cc(=O)n1C.[NaH]. The van der Waals surface area contributed by atoms with Crippen LogP contribution in [-0.4, -0.2) is 71.4 Å². The van der Waals surface area contributed by atoms with Gasteiger partial charge in [-0.05, 0) is 0 Å². The third kappa shape index (κ3) is 4.04. The van der Waals surface area contributed by atoms with E-state index in [1.807, 2.05) is 4.90 Å². The maximum absolute atomic E-state index is 11.8. The van der Waals surface area contributed by atoms with Crippen LogP contribution in [-0.2, 0) is 16.6 Å². The van der Waals surface area contributed by atoms with E-state index in [1.165, 1.54) is 24.6 Å². The molecule has 7 nitrogen and oxygen atoms in total. The van der Waals surface area contributed by atoms with Crippen molar-refractivity contribution >= 4 is 41.3 Å². The molecule has 0 radical (unpaired) electrons. The number of hydrogen-bond acceptors (Lipinski definition) is 6. The summed E-state index contributed by atoms with van der Waals surface area (Å²) >= 11 is 0. The molecule has 0 bridgehead atoms. The Kier molecular flexibility index (Phi) is 5.99. The van der Waals surface area contributed by atoms with Gasteiger partial charge in [0.25, 0.3) is 5.56 Å². The summed E-state index contributed by atoms with van der Waals surface area (Å²) in [6.45, 7) is 3.80.